The zero-order chi connectivity index (χ0) is 16.0. The van der Waals surface area contributed by atoms with Crippen LogP contribution in [0.5, 0.6) is 5.75 Å². The van der Waals surface area contributed by atoms with Crippen molar-refractivity contribution in [2.75, 3.05) is 0 Å². The van der Waals surface area contributed by atoms with Crippen LogP contribution >= 0.6 is 0 Å². The maximum Gasteiger partial charge on any atom is 0.302 e. The fourth-order valence-corrected chi connectivity index (χ4v) is 2.52. The number of aromatic hydroxyl groups is 1. The van der Waals surface area contributed by atoms with Gasteiger partial charge in [0.25, 0.3) is 0 Å². The van der Waals surface area contributed by atoms with Gasteiger partial charge >= 0.3 is 5.97 Å². The van der Waals surface area contributed by atoms with Gasteiger partial charge in [0, 0.05) is 12.5 Å². The van der Waals surface area contributed by atoms with E-state index in [9.17, 15) is 14.7 Å². The second kappa shape index (κ2) is 7.81. The molecule has 0 saturated carbocycles. The quantitative estimate of drug-likeness (QED) is 0.615. The lowest BCUT2D eigenvalue weighted by atomic mass is 9.90. The van der Waals surface area contributed by atoms with Gasteiger partial charge in [0.1, 0.15) is 18.1 Å². The standard InChI is InChI=1S/C17H24O4/c1-11(2)7-15(21-13(4)19)8-12(3)16-6-5-14(10-18)9-17(16)20/h5-6,9-12,15,20H,7-8H2,1-4H3/t12-,15+/m1/s1. The van der Waals surface area contributed by atoms with Gasteiger partial charge in [0.05, 0.1) is 0 Å². The van der Waals surface area contributed by atoms with E-state index in [2.05, 4.69) is 13.8 Å². The molecule has 1 rings (SSSR count). The highest BCUT2D eigenvalue weighted by Gasteiger charge is 2.20. The lowest BCUT2D eigenvalue weighted by Gasteiger charge is -2.23. The van der Waals surface area contributed by atoms with Crippen molar-refractivity contribution in [2.45, 2.75) is 52.6 Å². The lowest BCUT2D eigenvalue weighted by molar-refractivity contribution is -0.147. The molecule has 0 aliphatic rings. The lowest BCUT2D eigenvalue weighted by Crippen LogP contribution is -2.20. The van der Waals surface area contributed by atoms with Crippen molar-refractivity contribution in [3.05, 3.63) is 29.3 Å². The van der Waals surface area contributed by atoms with Gasteiger partial charge in [-0.05, 0) is 36.3 Å². The topological polar surface area (TPSA) is 63.6 Å². The maximum absolute atomic E-state index is 11.2. The van der Waals surface area contributed by atoms with Crippen molar-refractivity contribution < 1.29 is 19.4 Å². The first-order chi connectivity index (χ1) is 9.83. The van der Waals surface area contributed by atoms with Gasteiger partial charge in [-0.15, -0.1) is 0 Å². The van der Waals surface area contributed by atoms with Gasteiger partial charge in [0.2, 0.25) is 0 Å². The van der Waals surface area contributed by atoms with E-state index in [-0.39, 0.29) is 23.7 Å². The number of carbonyl (C=O) groups is 2. The molecule has 0 unspecified atom stereocenters. The second-order valence-corrected chi connectivity index (χ2v) is 5.93. The fourth-order valence-electron chi connectivity index (χ4n) is 2.52. The summed E-state index contributed by atoms with van der Waals surface area (Å²) in [6.45, 7) is 7.55. The Balaban J connectivity index is 2.82. The van der Waals surface area contributed by atoms with E-state index in [1.807, 2.05) is 6.92 Å². The minimum Gasteiger partial charge on any atom is -0.508 e. The van der Waals surface area contributed by atoms with E-state index in [1.54, 1.807) is 12.1 Å². The van der Waals surface area contributed by atoms with Crippen molar-refractivity contribution >= 4 is 12.3 Å². The van der Waals surface area contributed by atoms with Crippen molar-refractivity contribution in [1.29, 1.82) is 0 Å². The smallest absolute Gasteiger partial charge is 0.302 e. The summed E-state index contributed by atoms with van der Waals surface area (Å²) in [4.78, 5) is 21.9. The van der Waals surface area contributed by atoms with Gasteiger partial charge in [-0.2, -0.15) is 0 Å². The molecule has 0 saturated heterocycles. The molecular weight excluding hydrogens is 268 g/mol. The van der Waals surface area contributed by atoms with Crippen LogP contribution in [-0.4, -0.2) is 23.5 Å². The molecule has 116 valence electrons. The Morgan fingerprint density at radius 1 is 1.29 bits per heavy atom. The molecule has 0 fully saturated rings. The Labute approximate surface area is 126 Å². The molecule has 21 heavy (non-hydrogen) atoms. The molecule has 0 aliphatic carbocycles. The number of phenolic OH excluding ortho intramolecular Hbond substituents is 1. The molecule has 4 heteroatoms. The zero-order valence-corrected chi connectivity index (χ0v) is 13.1. The number of benzene rings is 1. The Hall–Kier alpha value is -1.84. The molecule has 0 amide bonds. The minimum absolute atomic E-state index is 0.0359. The minimum atomic E-state index is -0.284. The van der Waals surface area contributed by atoms with Crippen LogP contribution in [0.1, 0.15) is 62.4 Å². The van der Waals surface area contributed by atoms with Gasteiger partial charge in [-0.3, -0.25) is 9.59 Å². The molecule has 1 aromatic carbocycles. The van der Waals surface area contributed by atoms with E-state index in [0.29, 0.717) is 24.2 Å². The molecule has 0 heterocycles. The van der Waals surface area contributed by atoms with Crippen molar-refractivity contribution in [2.24, 2.45) is 5.92 Å². The third kappa shape index (κ3) is 5.58. The summed E-state index contributed by atoms with van der Waals surface area (Å²) in [6, 6.07) is 4.90. The van der Waals surface area contributed by atoms with E-state index in [0.717, 1.165) is 12.0 Å². The monoisotopic (exact) mass is 292 g/mol. The maximum atomic E-state index is 11.2. The molecule has 1 aromatic rings. The Morgan fingerprint density at radius 2 is 1.95 bits per heavy atom. The summed E-state index contributed by atoms with van der Waals surface area (Å²) in [7, 11) is 0. The SMILES string of the molecule is CC(=O)O[C@@H](CC(C)C)C[C@@H](C)c1ccc(C=O)cc1O. The summed E-state index contributed by atoms with van der Waals surface area (Å²) in [5.41, 5.74) is 1.21. The molecule has 0 aromatic heterocycles. The summed E-state index contributed by atoms with van der Waals surface area (Å²) in [5, 5.41) is 10.0. The van der Waals surface area contributed by atoms with Crippen molar-refractivity contribution in [3.63, 3.8) is 0 Å². The number of phenols is 1. The summed E-state index contributed by atoms with van der Waals surface area (Å²) < 4.78 is 5.36. The van der Waals surface area contributed by atoms with Crippen LogP contribution in [0, 0.1) is 5.92 Å². The third-order valence-electron chi connectivity index (χ3n) is 3.40. The summed E-state index contributed by atoms with van der Waals surface area (Å²) in [5.74, 6) is 0.285. The van der Waals surface area contributed by atoms with E-state index < -0.39 is 0 Å². The molecule has 1 N–H and O–H groups in total. The van der Waals surface area contributed by atoms with Crippen molar-refractivity contribution in [1.82, 2.24) is 0 Å². The van der Waals surface area contributed by atoms with E-state index in [4.69, 9.17) is 4.74 Å². The third-order valence-corrected chi connectivity index (χ3v) is 3.40. The number of carbonyl (C=O) groups excluding carboxylic acids is 2. The van der Waals surface area contributed by atoms with E-state index in [1.165, 1.54) is 13.0 Å². The van der Waals surface area contributed by atoms with Gasteiger partial charge in [-0.25, -0.2) is 0 Å². The number of hydrogen-bond donors (Lipinski definition) is 1. The predicted octanol–water partition coefficient (Wildman–Crippen LogP) is 3.68. The molecule has 0 aliphatic heterocycles. The number of ether oxygens (including phenoxy) is 1. The average molecular weight is 292 g/mol. The number of aldehydes is 1. The van der Waals surface area contributed by atoms with Crippen LogP contribution in [0.4, 0.5) is 0 Å². The van der Waals surface area contributed by atoms with Gasteiger partial charge in [-0.1, -0.05) is 32.9 Å². The highest BCUT2D eigenvalue weighted by molar-refractivity contribution is 5.75. The zero-order valence-electron chi connectivity index (χ0n) is 13.1. The molecular formula is C17H24O4. The van der Waals surface area contributed by atoms with Crippen LogP contribution in [-0.2, 0) is 9.53 Å². The highest BCUT2D eigenvalue weighted by atomic mass is 16.5. The molecule has 2 atom stereocenters. The van der Waals surface area contributed by atoms with Crippen LogP contribution in [0.15, 0.2) is 18.2 Å². The van der Waals surface area contributed by atoms with Crippen LogP contribution in [0.2, 0.25) is 0 Å². The molecule has 4 nitrogen and oxygen atoms in total. The first-order valence-electron chi connectivity index (χ1n) is 7.28. The predicted molar refractivity (Wildman–Crippen MR) is 81.5 cm³/mol. The second-order valence-electron chi connectivity index (χ2n) is 5.93. The number of rotatable bonds is 7. The number of esters is 1. The summed E-state index contributed by atoms with van der Waals surface area (Å²) in [6.07, 6.45) is 1.97. The summed E-state index contributed by atoms with van der Waals surface area (Å²) >= 11 is 0. The van der Waals surface area contributed by atoms with Gasteiger partial charge < -0.3 is 9.84 Å². The first kappa shape index (κ1) is 17.2. The van der Waals surface area contributed by atoms with Crippen LogP contribution in [0.3, 0.4) is 0 Å². The highest BCUT2D eigenvalue weighted by Crippen LogP contribution is 2.31. The molecule has 0 bridgehead atoms. The Morgan fingerprint density at radius 3 is 2.43 bits per heavy atom. The average Bonchev–Trinajstić information content (AvgIpc) is 2.36. The van der Waals surface area contributed by atoms with Gasteiger partial charge in [0.15, 0.2) is 0 Å². The molecule has 0 spiro atoms. The largest absolute Gasteiger partial charge is 0.508 e. The van der Waals surface area contributed by atoms with Crippen LogP contribution < -0.4 is 0 Å². The number of hydrogen-bond acceptors (Lipinski definition) is 4. The fraction of sp³-hybridized carbons (Fsp3) is 0.529. The first-order valence-corrected chi connectivity index (χ1v) is 7.28. The molecule has 0 radical (unpaired) electrons. The van der Waals surface area contributed by atoms with Crippen LogP contribution in [0.25, 0.3) is 0 Å². The Kier molecular flexibility index (Phi) is 6.40. The Bertz CT molecular complexity index is 494. The normalized spacial score (nSPS) is 13.8. The van der Waals surface area contributed by atoms with Crippen molar-refractivity contribution in [3.8, 4) is 5.75 Å². The van der Waals surface area contributed by atoms with E-state index >= 15 is 0 Å².